The van der Waals surface area contributed by atoms with Gasteiger partial charge in [0.05, 0.1) is 24.0 Å². The number of rotatable bonds is 10. The summed E-state index contributed by atoms with van der Waals surface area (Å²) in [6.07, 6.45) is 7.59. The predicted octanol–water partition coefficient (Wildman–Crippen LogP) is 10.3. The molecular weight excluding hydrogens is 831 g/mol. The lowest BCUT2D eigenvalue weighted by atomic mass is 10.1. The van der Waals surface area contributed by atoms with Gasteiger partial charge in [-0.2, -0.15) is 10.2 Å². The predicted molar refractivity (Wildman–Crippen MR) is 260 cm³/mol. The molecule has 0 unspecified atom stereocenters. The number of para-hydroxylation sites is 2. The van der Waals surface area contributed by atoms with Crippen LogP contribution < -0.4 is 20.9 Å². The summed E-state index contributed by atoms with van der Waals surface area (Å²) in [4.78, 5) is 40.1. The Bertz CT molecular complexity index is 2820. The number of carbonyl (C=O) groups is 2. The molecule has 2 aliphatic rings. The maximum atomic E-state index is 12.2. The molecule has 5 heterocycles. The van der Waals surface area contributed by atoms with E-state index < -0.39 is 0 Å². The Morgan fingerprint density at radius 2 is 1.11 bits per heavy atom. The molecule has 2 fully saturated rings. The third-order valence-corrected chi connectivity index (χ3v) is 11.2. The van der Waals surface area contributed by atoms with Crippen LogP contribution in [-0.4, -0.2) is 77.3 Å². The van der Waals surface area contributed by atoms with E-state index in [-0.39, 0.29) is 38.8 Å². The van der Waals surface area contributed by atoms with Crippen LogP contribution in [0.25, 0.3) is 38.4 Å². The molecule has 66 heavy (non-hydrogen) atoms. The summed E-state index contributed by atoms with van der Waals surface area (Å²) in [7, 11) is 0. The van der Waals surface area contributed by atoms with E-state index in [1.54, 1.807) is 14.5 Å². The summed E-state index contributed by atoms with van der Waals surface area (Å²) in [6, 6.07) is 34.2. The molecule has 338 valence electrons. The first-order chi connectivity index (χ1) is 31.2. The third kappa shape index (κ3) is 10.2. The van der Waals surface area contributed by atoms with Crippen molar-refractivity contribution in [3.05, 3.63) is 152 Å². The van der Waals surface area contributed by atoms with E-state index in [1.807, 2.05) is 114 Å². The van der Waals surface area contributed by atoms with E-state index in [1.165, 1.54) is 18.5 Å². The molecule has 2 amide bonds. The maximum absolute atomic E-state index is 12.2. The summed E-state index contributed by atoms with van der Waals surface area (Å²) in [5, 5.41) is 10.3. The molecule has 2 saturated heterocycles. The number of carbonyl (C=O) groups excluding carboxylic acids is 2. The second kappa shape index (κ2) is 21.4. The highest BCUT2D eigenvalue weighted by Gasteiger charge is 2.30. The number of likely N-dealkylation sites (tertiary alicyclic amines) is 2. The van der Waals surface area contributed by atoms with Crippen molar-refractivity contribution in [3.63, 3.8) is 0 Å². The summed E-state index contributed by atoms with van der Waals surface area (Å²) in [6.45, 7) is 17.3. The van der Waals surface area contributed by atoms with Crippen molar-refractivity contribution in [1.82, 2.24) is 39.3 Å². The molecule has 3 aromatic heterocycles. The van der Waals surface area contributed by atoms with Gasteiger partial charge in [-0.1, -0.05) is 76.5 Å². The minimum Gasteiger partial charge on any atom is -0.457 e. The van der Waals surface area contributed by atoms with Crippen molar-refractivity contribution < 1.29 is 19.1 Å². The first kappa shape index (κ1) is 47.2. The fourth-order valence-electron chi connectivity index (χ4n) is 8.05. The monoisotopic (exact) mass is 885 g/mol. The van der Waals surface area contributed by atoms with E-state index in [2.05, 4.69) is 33.1 Å². The number of nitrogens with zero attached hydrogens (tertiary/aromatic N) is 9. The zero-order valence-corrected chi connectivity index (χ0v) is 35.2. The second-order valence-corrected chi connectivity index (χ2v) is 15.3. The third-order valence-electron chi connectivity index (χ3n) is 11.2. The van der Waals surface area contributed by atoms with Gasteiger partial charge in [-0.05, 0) is 104 Å². The van der Waals surface area contributed by atoms with Crippen molar-refractivity contribution in [2.24, 2.45) is 0 Å². The average Bonchev–Trinajstić information content (AvgIpc) is 3.91. The van der Waals surface area contributed by atoms with Gasteiger partial charge in [-0.3, -0.25) is 14.3 Å². The number of benzene rings is 4. The van der Waals surface area contributed by atoms with E-state index >= 15 is 0 Å². The van der Waals surface area contributed by atoms with Crippen LogP contribution in [0.1, 0.15) is 52.6 Å². The van der Waals surface area contributed by atoms with Gasteiger partial charge >= 0.3 is 0 Å². The Kier molecular flexibility index (Phi) is 15.3. The molecular formula is C51H55N11O4. The molecule has 0 bridgehead atoms. The Labute approximate surface area is 385 Å². The van der Waals surface area contributed by atoms with Crippen LogP contribution in [0.5, 0.6) is 23.0 Å². The molecule has 0 spiro atoms. The van der Waals surface area contributed by atoms with Crippen molar-refractivity contribution in [1.29, 1.82) is 0 Å². The van der Waals surface area contributed by atoms with Gasteiger partial charge in [0.1, 0.15) is 52.3 Å². The lowest BCUT2D eigenvalue weighted by Gasteiger charge is -2.32. The summed E-state index contributed by atoms with van der Waals surface area (Å²) in [5.41, 5.74) is 16.5. The topological polar surface area (TPSA) is 177 Å². The quantitative estimate of drug-likeness (QED) is 0.0992. The minimum absolute atomic E-state index is 0. The number of nitrogens with two attached hydrogens (primary N) is 2. The van der Waals surface area contributed by atoms with E-state index in [0.717, 1.165) is 54.1 Å². The Morgan fingerprint density at radius 3 is 1.59 bits per heavy atom. The van der Waals surface area contributed by atoms with Gasteiger partial charge in [-0.25, -0.2) is 19.5 Å². The molecule has 4 N–H and O–H groups in total. The molecule has 4 aromatic carbocycles. The van der Waals surface area contributed by atoms with Crippen LogP contribution in [0.15, 0.2) is 141 Å². The molecule has 0 radical (unpaired) electrons. The molecule has 2 aliphatic heterocycles. The number of hydrogen-bond donors (Lipinski definition) is 2. The van der Waals surface area contributed by atoms with Crippen LogP contribution in [0.4, 0.5) is 17.3 Å². The number of ether oxygens (including phenoxy) is 2. The van der Waals surface area contributed by atoms with Crippen LogP contribution in [0, 0.1) is 6.57 Å². The van der Waals surface area contributed by atoms with Crippen molar-refractivity contribution >= 4 is 40.2 Å². The lowest BCUT2D eigenvalue weighted by molar-refractivity contribution is -0.128. The maximum Gasteiger partial charge on any atom is 0.254 e. The average molecular weight is 886 g/mol. The van der Waals surface area contributed by atoms with Crippen LogP contribution in [0.2, 0.25) is 0 Å². The van der Waals surface area contributed by atoms with E-state index in [4.69, 9.17) is 32.6 Å². The number of hydrogen-bond acceptors (Lipinski definition) is 10. The molecule has 15 nitrogen and oxygen atoms in total. The largest absolute Gasteiger partial charge is 0.457 e. The van der Waals surface area contributed by atoms with Crippen molar-refractivity contribution in [2.45, 2.75) is 52.6 Å². The molecule has 9 rings (SSSR count). The van der Waals surface area contributed by atoms with Gasteiger partial charge in [0.25, 0.3) is 5.69 Å². The SMILES string of the molecule is C.C.C=CC(=O)N1CCC[C@@H](n2nc(-c3ccc(Oc4ccccc4)cc3)c3c(N)ncnc32)C1.[C-]#[N+]c1c(-c2ccc(Oc3ccccc3)cc2)nn([C@@H]2CCCN(C(=O)C=C)C2)c1N. The summed E-state index contributed by atoms with van der Waals surface area (Å²) >= 11 is 0. The fraction of sp³-hybridized carbons (Fsp3) is 0.235. The van der Waals surface area contributed by atoms with Crippen LogP contribution in [0.3, 0.4) is 0 Å². The van der Waals surface area contributed by atoms with Crippen molar-refractivity contribution in [2.75, 3.05) is 37.6 Å². The number of aromatic nitrogens is 6. The van der Waals surface area contributed by atoms with Crippen molar-refractivity contribution in [3.8, 4) is 45.5 Å². The second-order valence-electron chi connectivity index (χ2n) is 15.3. The van der Waals surface area contributed by atoms with Gasteiger partial charge in [0.15, 0.2) is 5.65 Å². The van der Waals surface area contributed by atoms with Crippen LogP contribution >= 0.6 is 0 Å². The van der Waals surface area contributed by atoms with E-state index in [0.29, 0.717) is 71.7 Å². The smallest absolute Gasteiger partial charge is 0.254 e. The number of amides is 2. The van der Waals surface area contributed by atoms with Crippen LogP contribution in [-0.2, 0) is 9.59 Å². The first-order valence-corrected chi connectivity index (χ1v) is 21.0. The summed E-state index contributed by atoms with van der Waals surface area (Å²) in [5.74, 6) is 3.47. The van der Waals surface area contributed by atoms with E-state index in [9.17, 15) is 9.59 Å². The number of piperidine rings is 2. The number of fused-ring (bicyclic) bond motifs is 1. The highest BCUT2D eigenvalue weighted by molar-refractivity contribution is 5.98. The molecule has 2 atom stereocenters. The molecule has 15 heteroatoms. The zero-order valence-electron chi connectivity index (χ0n) is 35.2. The number of anilines is 2. The van der Waals surface area contributed by atoms with Gasteiger partial charge in [-0.15, -0.1) is 0 Å². The minimum atomic E-state index is -0.102. The normalized spacial score (nSPS) is 15.4. The highest BCUT2D eigenvalue weighted by Crippen LogP contribution is 2.39. The Balaban J connectivity index is 0.000000212. The van der Waals surface area contributed by atoms with Gasteiger partial charge < -0.3 is 30.7 Å². The lowest BCUT2D eigenvalue weighted by Crippen LogP contribution is -2.40. The Morgan fingerprint density at radius 1 is 0.652 bits per heavy atom. The molecule has 0 saturated carbocycles. The fourth-order valence-corrected chi connectivity index (χ4v) is 8.05. The highest BCUT2D eigenvalue weighted by atomic mass is 16.5. The van der Waals surface area contributed by atoms with Gasteiger partial charge in [0.2, 0.25) is 11.8 Å². The first-order valence-electron chi connectivity index (χ1n) is 21.0. The number of nitrogen functional groups attached to an aromatic ring is 2. The molecule has 7 aromatic rings. The standard InChI is InChI=1S/C25H24N6O2.C24H23N5O2.2CH4/c1-2-21(32)30-14-6-7-18(15-30)31-25-22(24(26)27-16-28-25)23(29-31)17-10-12-20(13-11-17)33-19-8-4-3-5-9-19;1-3-21(30)28-15-7-8-18(16-28)29-24(25)23(26-2)22(27-29)17-11-13-20(14-12-17)31-19-9-5-4-6-10-19;;/h2-5,8-13,16,18H,1,6-7,14-15H2,(H2,26,27,28);3-6,9-14,18H,1,7-8,15-16,25H2;2*1H4/t2*18-;;/m11../s1. The molecule has 0 aliphatic carbocycles. The Hall–Kier alpha value is -8.25. The zero-order chi connectivity index (χ0) is 44.6. The summed E-state index contributed by atoms with van der Waals surface area (Å²) < 4.78 is 15.3. The van der Waals surface area contributed by atoms with Gasteiger partial charge in [0, 0.05) is 31.7 Å².